The van der Waals surface area contributed by atoms with Crippen LogP contribution in [0.3, 0.4) is 0 Å². The monoisotopic (exact) mass is 233 g/mol. The first-order valence-corrected chi connectivity index (χ1v) is 4.93. The maximum Gasteiger partial charge on any atom is 0.323 e. The minimum atomic E-state index is -0.930. The van der Waals surface area contributed by atoms with Crippen LogP contribution in [0.1, 0.15) is 0 Å². The molecule has 0 unspecified atom stereocenters. The van der Waals surface area contributed by atoms with Gasteiger partial charge in [-0.2, -0.15) is 10.1 Å². The number of aliphatic carboxylic acids is 1. The number of carboxylic acid groups (broad SMARTS) is 1. The molecule has 0 amide bonds. The Labute approximate surface area is 97.3 Å². The van der Waals surface area contributed by atoms with E-state index in [2.05, 4.69) is 15.1 Å². The summed E-state index contributed by atoms with van der Waals surface area (Å²) in [5.41, 5.74) is 0. The van der Waals surface area contributed by atoms with Crippen molar-refractivity contribution in [3.8, 4) is 5.82 Å². The van der Waals surface area contributed by atoms with Gasteiger partial charge in [-0.3, -0.25) is 4.79 Å². The number of carboxylic acids is 1. The highest BCUT2D eigenvalue weighted by Gasteiger charge is 2.09. The van der Waals surface area contributed by atoms with Gasteiger partial charge in [0.05, 0.1) is 0 Å². The third-order valence-electron chi connectivity index (χ3n) is 2.08. The Morgan fingerprint density at radius 3 is 3.00 bits per heavy atom. The Balaban J connectivity index is 2.25. The van der Waals surface area contributed by atoms with Gasteiger partial charge >= 0.3 is 5.97 Å². The van der Waals surface area contributed by atoms with Crippen LogP contribution in [-0.4, -0.2) is 44.4 Å². The predicted octanol–water partition coefficient (Wildman–Crippen LogP) is 0.183. The predicted molar refractivity (Wildman–Crippen MR) is 60.1 cm³/mol. The summed E-state index contributed by atoms with van der Waals surface area (Å²) in [4.78, 5) is 20.3. The molecule has 0 atom stereocenters. The Morgan fingerprint density at radius 2 is 2.35 bits per heavy atom. The number of rotatable bonds is 4. The number of aromatic nitrogens is 4. The molecular weight excluding hydrogens is 222 g/mol. The molecule has 2 aromatic rings. The molecule has 7 nitrogen and oxygen atoms in total. The molecule has 2 heterocycles. The molecule has 0 spiro atoms. The maximum absolute atomic E-state index is 10.6. The lowest BCUT2D eigenvalue weighted by atomic mass is 10.5. The highest BCUT2D eigenvalue weighted by atomic mass is 16.4. The molecule has 88 valence electrons. The third-order valence-corrected chi connectivity index (χ3v) is 2.08. The van der Waals surface area contributed by atoms with Crippen molar-refractivity contribution in [1.82, 2.24) is 19.7 Å². The van der Waals surface area contributed by atoms with Crippen LogP contribution in [-0.2, 0) is 4.79 Å². The fourth-order valence-corrected chi connectivity index (χ4v) is 1.33. The van der Waals surface area contributed by atoms with E-state index in [0.29, 0.717) is 11.8 Å². The van der Waals surface area contributed by atoms with Gasteiger partial charge in [0.25, 0.3) is 0 Å². The van der Waals surface area contributed by atoms with Gasteiger partial charge in [-0.05, 0) is 6.07 Å². The highest BCUT2D eigenvalue weighted by Crippen LogP contribution is 2.08. The number of anilines is 1. The van der Waals surface area contributed by atoms with Crippen LogP contribution in [0.15, 0.2) is 30.7 Å². The first-order chi connectivity index (χ1) is 8.16. The molecule has 7 heteroatoms. The number of nitrogens with zero attached hydrogens (tertiary/aromatic N) is 5. The second-order valence-corrected chi connectivity index (χ2v) is 3.42. The molecule has 0 bridgehead atoms. The molecule has 1 N–H and O–H groups in total. The van der Waals surface area contributed by atoms with E-state index in [9.17, 15) is 4.79 Å². The minimum absolute atomic E-state index is 0.150. The van der Waals surface area contributed by atoms with E-state index in [4.69, 9.17) is 5.11 Å². The third kappa shape index (κ3) is 2.57. The standard InChI is InChI=1S/C10H11N5O2/c1-14(7-9(16)17)10-11-5-3-8(13-10)15-6-2-4-12-15/h2-6H,7H2,1H3,(H,16,17). The van der Waals surface area contributed by atoms with Crippen molar-refractivity contribution in [3.05, 3.63) is 30.7 Å². The second-order valence-electron chi connectivity index (χ2n) is 3.42. The van der Waals surface area contributed by atoms with Gasteiger partial charge in [-0.25, -0.2) is 9.67 Å². The van der Waals surface area contributed by atoms with E-state index in [1.54, 1.807) is 42.5 Å². The van der Waals surface area contributed by atoms with Gasteiger partial charge in [-0.1, -0.05) is 0 Å². The first-order valence-electron chi connectivity index (χ1n) is 4.93. The zero-order valence-corrected chi connectivity index (χ0v) is 9.19. The molecule has 0 aromatic carbocycles. The SMILES string of the molecule is CN(CC(=O)O)c1nccc(-n2cccn2)n1. The molecule has 2 aromatic heterocycles. The summed E-state index contributed by atoms with van der Waals surface area (Å²) in [6.45, 7) is -0.150. The first kappa shape index (κ1) is 11.1. The van der Waals surface area contributed by atoms with Crippen LogP contribution in [0.2, 0.25) is 0 Å². The fraction of sp³-hybridized carbons (Fsp3) is 0.200. The van der Waals surface area contributed by atoms with E-state index in [1.165, 1.54) is 4.90 Å². The summed E-state index contributed by atoms with van der Waals surface area (Å²) in [6.07, 6.45) is 4.96. The molecule has 0 saturated heterocycles. The van der Waals surface area contributed by atoms with Crippen molar-refractivity contribution in [2.45, 2.75) is 0 Å². The van der Waals surface area contributed by atoms with Crippen molar-refractivity contribution in [2.75, 3.05) is 18.5 Å². The Bertz CT molecular complexity index is 511. The molecule has 0 aliphatic heterocycles. The number of carbonyl (C=O) groups is 1. The largest absolute Gasteiger partial charge is 0.480 e. The molecule has 0 saturated carbocycles. The Kier molecular flexibility index (Phi) is 2.99. The average Bonchev–Trinajstić information content (AvgIpc) is 2.82. The van der Waals surface area contributed by atoms with E-state index in [-0.39, 0.29) is 6.54 Å². The van der Waals surface area contributed by atoms with Crippen LogP contribution >= 0.6 is 0 Å². The normalized spacial score (nSPS) is 10.2. The maximum atomic E-state index is 10.6. The summed E-state index contributed by atoms with van der Waals surface area (Å²) < 4.78 is 1.58. The van der Waals surface area contributed by atoms with Gasteiger partial charge < -0.3 is 10.0 Å². The number of hydrogen-bond acceptors (Lipinski definition) is 5. The van der Waals surface area contributed by atoms with E-state index in [0.717, 1.165) is 0 Å². The molecule has 17 heavy (non-hydrogen) atoms. The molecule has 2 rings (SSSR count). The summed E-state index contributed by atoms with van der Waals surface area (Å²) >= 11 is 0. The summed E-state index contributed by atoms with van der Waals surface area (Å²) in [7, 11) is 1.62. The van der Waals surface area contributed by atoms with Crippen molar-refractivity contribution in [3.63, 3.8) is 0 Å². The lowest BCUT2D eigenvalue weighted by Gasteiger charge is -2.14. The lowest BCUT2D eigenvalue weighted by molar-refractivity contribution is -0.135. The quantitative estimate of drug-likeness (QED) is 0.811. The zero-order chi connectivity index (χ0) is 12.3. The lowest BCUT2D eigenvalue weighted by Crippen LogP contribution is -2.27. The second kappa shape index (κ2) is 4.60. The zero-order valence-electron chi connectivity index (χ0n) is 9.19. The summed E-state index contributed by atoms with van der Waals surface area (Å²) in [5, 5.41) is 12.7. The van der Waals surface area contributed by atoms with Crippen LogP contribution in [0, 0.1) is 0 Å². The van der Waals surface area contributed by atoms with Gasteiger partial charge in [0.1, 0.15) is 6.54 Å². The molecule has 0 fully saturated rings. The topological polar surface area (TPSA) is 84.1 Å². The van der Waals surface area contributed by atoms with Gasteiger partial charge in [-0.15, -0.1) is 0 Å². The highest BCUT2D eigenvalue weighted by molar-refractivity contribution is 5.72. The van der Waals surface area contributed by atoms with Crippen molar-refractivity contribution in [1.29, 1.82) is 0 Å². The molecule has 0 aliphatic rings. The van der Waals surface area contributed by atoms with E-state index in [1.807, 2.05) is 0 Å². The van der Waals surface area contributed by atoms with Crippen LogP contribution in [0.4, 0.5) is 5.95 Å². The van der Waals surface area contributed by atoms with E-state index >= 15 is 0 Å². The van der Waals surface area contributed by atoms with Crippen molar-refractivity contribution >= 4 is 11.9 Å². The minimum Gasteiger partial charge on any atom is -0.480 e. The molecular formula is C10H11N5O2. The van der Waals surface area contributed by atoms with Gasteiger partial charge in [0.2, 0.25) is 5.95 Å². The van der Waals surface area contributed by atoms with Crippen molar-refractivity contribution in [2.24, 2.45) is 0 Å². The smallest absolute Gasteiger partial charge is 0.323 e. The number of hydrogen-bond donors (Lipinski definition) is 1. The molecule has 0 aliphatic carbocycles. The van der Waals surface area contributed by atoms with Crippen LogP contribution in [0.5, 0.6) is 0 Å². The average molecular weight is 233 g/mol. The fourth-order valence-electron chi connectivity index (χ4n) is 1.33. The summed E-state index contributed by atoms with van der Waals surface area (Å²) in [6, 6.07) is 3.48. The molecule has 0 radical (unpaired) electrons. The van der Waals surface area contributed by atoms with E-state index < -0.39 is 5.97 Å². The Morgan fingerprint density at radius 1 is 1.53 bits per heavy atom. The van der Waals surface area contributed by atoms with Crippen LogP contribution < -0.4 is 4.90 Å². The van der Waals surface area contributed by atoms with Crippen molar-refractivity contribution < 1.29 is 9.90 Å². The summed E-state index contributed by atoms with van der Waals surface area (Å²) in [5.74, 6) is 0.0123. The van der Waals surface area contributed by atoms with Gasteiger partial charge in [0.15, 0.2) is 5.82 Å². The Hall–Kier alpha value is -2.44. The number of likely N-dealkylation sites (N-methyl/N-ethyl adjacent to an activating group) is 1. The van der Waals surface area contributed by atoms with Crippen LogP contribution in [0.25, 0.3) is 5.82 Å². The van der Waals surface area contributed by atoms with Gasteiger partial charge in [0, 0.05) is 31.7 Å².